The van der Waals surface area contributed by atoms with Crippen molar-refractivity contribution in [3.05, 3.63) is 77.4 Å². The van der Waals surface area contributed by atoms with Gasteiger partial charge in [0.2, 0.25) is 0 Å². The number of carbonyl (C=O) groups excluding carboxylic acids is 2. The van der Waals surface area contributed by atoms with Gasteiger partial charge >= 0.3 is 0 Å². The van der Waals surface area contributed by atoms with E-state index in [0.717, 1.165) is 32.2 Å². The van der Waals surface area contributed by atoms with Crippen molar-refractivity contribution in [1.29, 1.82) is 0 Å². The minimum atomic E-state index is -0.432. The van der Waals surface area contributed by atoms with Crippen LogP contribution in [0.4, 0.5) is 5.69 Å². The van der Waals surface area contributed by atoms with Crippen LogP contribution >= 0.6 is 11.3 Å². The maximum atomic E-state index is 12.9. The van der Waals surface area contributed by atoms with Gasteiger partial charge in [0.05, 0.1) is 10.4 Å². The Morgan fingerprint density at radius 3 is 2.78 bits per heavy atom. The lowest BCUT2D eigenvalue weighted by Gasteiger charge is -2.07. The molecule has 0 aliphatic rings. The molecule has 0 bridgehead atoms. The van der Waals surface area contributed by atoms with Crippen LogP contribution in [0.2, 0.25) is 0 Å². The van der Waals surface area contributed by atoms with Gasteiger partial charge in [0, 0.05) is 46.2 Å². The number of amides is 2. The number of phenols is 1. The van der Waals surface area contributed by atoms with Crippen LogP contribution < -0.4 is 10.6 Å². The van der Waals surface area contributed by atoms with E-state index >= 15 is 0 Å². The molecule has 158 valence electrons. The third-order valence-corrected chi connectivity index (χ3v) is 6.32. The van der Waals surface area contributed by atoms with Gasteiger partial charge in [0.15, 0.2) is 0 Å². The molecular formula is C24H18N4O3S. The summed E-state index contributed by atoms with van der Waals surface area (Å²) in [5.41, 5.74) is 3.32. The first-order valence-corrected chi connectivity index (χ1v) is 10.7. The largest absolute Gasteiger partial charge is 0.507 e. The number of rotatable bonds is 4. The van der Waals surface area contributed by atoms with E-state index in [9.17, 15) is 14.7 Å². The van der Waals surface area contributed by atoms with Crippen molar-refractivity contribution < 1.29 is 14.7 Å². The number of thiophene rings is 1. The summed E-state index contributed by atoms with van der Waals surface area (Å²) < 4.78 is 0.985. The number of nitrogens with one attached hydrogen (secondary N) is 3. The van der Waals surface area contributed by atoms with Gasteiger partial charge in [-0.25, -0.2) is 4.98 Å². The third-order valence-electron chi connectivity index (χ3n) is 5.22. The van der Waals surface area contributed by atoms with Crippen LogP contribution in [0.5, 0.6) is 5.75 Å². The molecule has 32 heavy (non-hydrogen) atoms. The van der Waals surface area contributed by atoms with E-state index in [1.54, 1.807) is 6.07 Å². The average Bonchev–Trinajstić information content (AvgIpc) is 3.46. The summed E-state index contributed by atoms with van der Waals surface area (Å²) in [4.78, 5) is 32.9. The number of carbonyl (C=O) groups is 2. The number of anilines is 1. The van der Waals surface area contributed by atoms with Crippen molar-refractivity contribution in [3.63, 3.8) is 0 Å². The van der Waals surface area contributed by atoms with E-state index in [1.165, 1.54) is 30.5 Å². The van der Waals surface area contributed by atoms with Crippen LogP contribution in [0.25, 0.3) is 32.2 Å². The molecule has 0 radical (unpaired) electrons. The first kappa shape index (κ1) is 19.8. The fourth-order valence-corrected chi connectivity index (χ4v) is 4.62. The molecule has 3 aromatic heterocycles. The van der Waals surface area contributed by atoms with E-state index < -0.39 is 5.91 Å². The number of aromatic hydroxyl groups is 1. The Morgan fingerprint density at radius 1 is 1.06 bits per heavy atom. The molecule has 8 heteroatoms. The smallest absolute Gasteiger partial charge is 0.265 e. The Balaban J connectivity index is 1.48. The van der Waals surface area contributed by atoms with E-state index in [-0.39, 0.29) is 17.2 Å². The highest BCUT2D eigenvalue weighted by Gasteiger charge is 2.16. The zero-order valence-corrected chi connectivity index (χ0v) is 17.8. The Labute approximate surface area is 186 Å². The minimum Gasteiger partial charge on any atom is -0.507 e. The number of aromatic nitrogens is 2. The topological polar surface area (TPSA) is 107 Å². The predicted octanol–water partition coefficient (Wildman–Crippen LogP) is 4.76. The molecule has 5 rings (SSSR count). The molecule has 0 fully saturated rings. The maximum absolute atomic E-state index is 12.9. The number of hydrogen-bond acceptors (Lipinski definition) is 5. The molecule has 0 unspecified atom stereocenters. The molecule has 3 heterocycles. The number of phenolic OH excluding ortho intramolecular Hbond substituents is 1. The van der Waals surface area contributed by atoms with Crippen molar-refractivity contribution in [2.45, 2.75) is 0 Å². The summed E-state index contributed by atoms with van der Waals surface area (Å²) in [5, 5.41) is 17.2. The quantitative estimate of drug-likeness (QED) is 0.301. The predicted molar refractivity (Wildman–Crippen MR) is 126 cm³/mol. The van der Waals surface area contributed by atoms with Crippen LogP contribution in [0.3, 0.4) is 0 Å². The average molecular weight is 443 g/mol. The number of nitrogens with zero attached hydrogens (tertiary/aromatic N) is 1. The second kappa shape index (κ2) is 7.82. The number of fused-ring (bicyclic) bond motifs is 2. The normalized spacial score (nSPS) is 11.0. The number of hydrogen-bond donors (Lipinski definition) is 4. The number of benzene rings is 2. The Kier molecular flexibility index (Phi) is 4.84. The SMILES string of the molecule is CNC(=O)c1cc(NC(=O)c2cc3c(-c4cnc5[nH]ccc5c4)cccc3s2)ccc1O. The maximum Gasteiger partial charge on any atom is 0.265 e. The second-order valence-corrected chi connectivity index (χ2v) is 8.32. The van der Waals surface area contributed by atoms with Crippen LogP contribution in [0.1, 0.15) is 20.0 Å². The zero-order chi connectivity index (χ0) is 22.2. The zero-order valence-electron chi connectivity index (χ0n) is 17.0. The molecule has 0 spiro atoms. The Hall–Kier alpha value is -4.17. The van der Waals surface area contributed by atoms with Crippen LogP contribution in [0, 0.1) is 0 Å². The van der Waals surface area contributed by atoms with Gasteiger partial charge in [0.25, 0.3) is 11.8 Å². The summed E-state index contributed by atoms with van der Waals surface area (Å²) in [6.07, 6.45) is 3.68. The molecular weight excluding hydrogens is 424 g/mol. The van der Waals surface area contributed by atoms with Crippen LogP contribution in [-0.4, -0.2) is 33.9 Å². The molecule has 0 saturated carbocycles. The molecule has 0 aliphatic carbocycles. The molecule has 0 saturated heterocycles. The van der Waals surface area contributed by atoms with Gasteiger partial charge in [-0.1, -0.05) is 12.1 Å². The van der Waals surface area contributed by atoms with Crippen molar-refractivity contribution in [1.82, 2.24) is 15.3 Å². The third kappa shape index (κ3) is 3.46. The highest BCUT2D eigenvalue weighted by atomic mass is 32.1. The minimum absolute atomic E-state index is 0.0941. The summed E-state index contributed by atoms with van der Waals surface area (Å²) >= 11 is 1.39. The van der Waals surface area contributed by atoms with Crippen molar-refractivity contribution >= 4 is 50.0 Å². The van der Waals surface area contributed by atoms with Crippen molar-refractivity contribution in [2.24, 2.45) is 0 Å². The fourth-order valence-electron chi connectivity index (χ4n) is 3.63. The van der Waals surface area contributed by atoms with Gasteiger partial charge in [-0.05, 0) is 48.0 Å². The standard InChI is InChI=1S/C24H18N4O3S/c1-25-23(30)18-10-15(5-6-19(18)29)28-24(31)21-11-17-16(3-2-4-20(17)32-21)14-9-13-7-8-26-22(13)27-12-14/h2-12,29H,1H3,(H,25,30)(H,26,27)(H,28,31). The van der Waals surface area contributed by atoms with E-state index in [2.05, 4.69) is 26.7 Å². The van der Waals surface area contributed by atoms with Gasteiger partial charge in [0.1, 0.15) is 11.4 Å². The van der Waals surface area contributed by atoms with E-state index in [4.69, 9.17) is 0 Å². The van der Waals surface area contributed by atoms with Crippen LogP contribution in [-0.2, 0) is 0 Å². The molecule has 0 atom stereocenters. The molecule has 0 aliphatic heterocycles. The van der Waals surface area contributed by atoms with Gasteiger partial charge in [-0.3, -0.25) is 9.59 Å². The molecule has 2 aromatic carbocycles. The summed E-state index contributed by atoms with van der Waals surface area (Å²) in [5.74, 6) is -0.870. The summed E-state index contributed by atoms with van der Waals surface area (Å²) in [7, 11) is 1.48. The number of aromatic amines is 1. The van der Waals surface area contributed by atoms with Crippen molar-refractivity contribution in [2.75, 3.05) is 12.4 Å². The highest BCUT2D eigenvalue weighted by Crippen LogP contribution is 2.35. The monoisotopic (exact) mass is 442 g/mol. The van der Waals surface area contributed by atoms with Gasteiger partial charge < -0.3 is 20.7 Å². The first-order valence-electron chi connectivity index (χ1n) is 9.86. The second-order valence-electron chi connectivity index (χ2n) is 7.23. The number of H-pyrrole nitrogens is 1. The first-order chi connectivity index (χ1) is 15.5. The van der Waals surface area contributed by atoms with Gasteiger partial charge in [-0.15, -0.1) is 11.3 Å². The summed E-state index contributed by atoms with van der Waals surface area (Å²) in [6.45, 7) is 0. The van der Waals surface area contributed by atoms with Crippen LogP contribution in [0.15, 0.2) is 67.0 Å². The van der Waals surface area contributed by atoms with Crippen molar-refractivity contribution in [3.8, 4) is 16.9 Å². The fraction of sp³-hybridized carbons (Fsp3) is 0.0417. The molecule has 4 N–H and O–H groups in total. The Bertz CT molecular complexity index is 1500. The van der Waals surface area contributed by atoms with E-state index in [1.807, 2.05) is 42.7 Å². The van der Waals surface area contributed by atoms with E-state index in [0.29, 0.717) is 10.6 Å². The summed E-state index contributed by atoms with van der Waals surface area (Å²) in [6, 6.07) is 16.3. The van der Waals surface area contributed by atoms with Gasteiger partial charge in [-0.2, -0.15) is 0 Å². The highest BCUT2D eigenvalue weighted by molar-refractivity contribution is 7.21. The molecule has 7 nitrogen and oxygen atoms in total. The lowest BCUT2D eigenvalue weighted by Crippen LogP contribution is -2.18. The number of pyridine rings is 1. The Morgan fingerprint density at radius 2 is 1.94 bits per heavy atom. The molecule has 5 aromatic rings. The lowest BCUT2D eigenvalue weighted by atomic mass is 10.0. The molecule has 2 amide bonds. The lowest BCUT2D eigenvalue weighted by molar-refractivity contribution is 0.0959.